The van der Waals surface area contributed by atoms with Crippen LogP contribution in [0.25, 0.3) is 16.4 Å². The van der Waals surface area contributed by atoms with Gasteiger partial charge in [-0.2, -0.15) is 10.4 Å². The summed E-state index contributed by atoms with van der Waals surface area (Å²) >= 11 is 2.47. The molecule has 178 valence electrons. The first-order valence-electron chi connectivity index (χ1n) is 10.2. The molecule has 0 radical (unpaired) electrons. The van der Waals surface area contributed by atoms with Crippen molar-refractivity contribution < 1.29 is 12.8 Å². The van der Waals surface area contributed by atoms with Crippen LogP contribution in [0.5, 0.6) is 0 Å². The Labute approximate surface area is 209 Å². The van der Waals surface area contributed by atoms with Crippen LogP contribution in [-0.2, 0) is 17.1 Å². The van der Waals surface area contributed by atoms with Crippen LogP contribution in [0.1, 0.15) is 5.56 Å². The number of nitrogens with zero attached hydrogens (tertiary/aromatic N) is 5. The van der Waals surface area contributed by atoms with Crippen molar-refractivity contribution in [3.63, 3.8) is 0 Å². The molecule has 0 saturated carbocycles. The summed E-state index contributed by atoms with van der Waals surface area (Å²) in [6.07, 6.45) is 3.40. The van der Waals surface area contributed by atoms with Crippen LogP contribution in [0.2, 0.25) is 0 Å². The van der Waals surface area contributed by atoms with Gasteiger partial charge in [0, 0.05) is 18.4 Å². The van der Waals surface area contributed by atoms with Gasteiger partial charge in [0.25, 0.3) is 10.0 Å². The molecular weight excluding hydrogens is 506 g/mol. The maximum Gasteiger partial charge on any atom is 0.271 e. The normalized spacial score (nSPS) is 13.3. The number of hydrogen-bond acceptors (Lipinski definition) is 10. The maximum absolute atomic E-state index is 13.0. The Balaban J connectivity index is 1.37. The van der Waals surface area contributed by atoms with Gasteiger partial charge in [-0.05, 0) is 48.7 Å². The summed E-state index contributed by atoms with van der Waals surface area (Å²) in [6, 6.07) is 14.0. The number of nitrogens with one attached hydrogen (secondary N) is 1. The molecule has 35 heavy (non-hydrogen) atoms. The molecule has 3 N–H and O–H groups in total. The lowest BCUT2D eigenvalue weighted by molar-refractivity contribution is 0.500. The first-order chi connectivity index (χ1) is 16.8. The van der Waals surface area contributed by atoms with E-state index in [1.807, 2.05) is 11.2 Å². The van der Waals surface area contributed by atoms with E-state index in [1.54, 1.807) is 48.1 Å². The summed E-state index contributed by atoms with van der Waals surface area (Å²) in [5, 5.41) is 15.4. The lowest BCUT2D eigenvalue weighted by Crippen LogP contribution is -2.42. The molecule has 0 saturated heterocycles. The Hall–Kier alpha value is -3.73. The van der Waals surface area contributed by atoms with E-state index in [9.17, 15) is 13.7 Å². The highest BCUT2D eigenvalue weighted by Gasteiger charge is 2.23. The second-order valence-electron chi connectivity index (χ2n) is 7.49. The smallest absolute Gasteiger partial charge is 0.271 e. The first-order valence-corrected chi connectivity index (χ1v) is 13.7. The maximum atomic E-state index is 13.0. The molecule has 3 aromatic heterocycles. The predicted octanol–water partition coefficient (Wildman–Crippen LogP) is 2.26. The Morgan fingerprint density at radius 2 is 2.00 bits per heavy atom. The minimum atomic E-state index is -3.84. The summed E-state index contributed by atoms with van der Waals surface area (Å²) < 4.78 is 35.7. The number of thioether (sulfide) groups is 1. The van der Waals surface area contributed by atoms with E-state index < -0.39 is 10.0 Å². The molecule has 0 unspecified atom stereocenters. The van der Waals surface area contributed by atoms with Crippen molar-refractivity contribution in [1.29, 1.82) is 5.26 Å². The quantitative estimate of drug-likeness (QED) is 0.365. The van der Waals surface area contributed by atoms with Crippen molar-refractivity contribution >= 4 is 50.3 Å². The highest BCUT2D eigenvalue weighted by atomic mass is 32.2. The molecule has 4 heterocycles. The minimum Gasteiger partial charge on any atom is -0.446 e. The number of nitrogens with two attached hydrogens (primary N) is 1. The fourth-order valence-electron chi connectivity index (χ4n) is 3.72. The third-order valence-corrected chi connectivity index (χ3v) is 9.20. The van der Waals surface area contributed by atoms with Crippen LogP contribution in [0.4, 0.5) is 11.4 Å². The number of rotatable bonds is 6. The molecule has 0 spiro atoms. The fraction of sp³-hybridized carbons (Fsp3) is 0.136. The van der Waals surface area contributed by atoms with Crippen LogP contribution < -0.4 is 26.1 Å². The van der Waals surface area contributed by atoms with Gasteiger partial charge in [-0.15, -0.1) is 23.1 Å². The number of sulfonamides is 1. The Bertz CT molecular complexity index is 1690. The minimum absolute atomic E-state index is 0.122. The van der Waals surface area contributed by atoms with E-state index in [4.69, 9.17) is 10.2 Å². The van der Waals surface area contributed by atoms with E-state index in [2.05, 4.69) is 20.9 Å². The fourth-order valence-corrected chi connectivity index (χ4v) is 6.73. The highest BCUT2D eigenvalue weighted by Crippen LogP contribution is 2.36. The average Bonchev–Trinajstić information content (AvgIpc) is 3.58. The van der Waals surface area contributed by atoms with Crippen molar-refractivity contribution in [2.45, 2.75) is 9.24 Å². The van der Waals surface area contributed by atoms with Crippen LogP contribution >= 0.6 is 23.1 Å². The summed E-state index contributed by atoms with van der Waals surface area (Å²) in [7, 11) is -2.08. The van der Waals surface area contributed by atoms with Crippen molar-refractivity contribution in [2.75, 3.05) is 22.5 Å². The number of benzene rings is 1. The monoisotopic (exact) mass is 525 g/mol. The number of fused-ring (bicyclic) bond motifs is 1. The summed E-state index contributed by atoms with van der Waals surface area (Å²) in [5.41, 5.74) is 8.82. The predicted molar refractivity (Wildman–Crippen MR) is 135 cm³/mol. The van der Waals surface area contributed by atoms with Crippen LogP contribution in [-0.4, -0.2) is 31.1 Å². The largest absolute Gasteiger partial charge is 0.446 e. The number of aryl methyl sites for hydroxylation is 1. The zero-order chi connectivity index (χ0) is 24.7. The Morgan fingerprint density at radius 3 is 2.71 bits per heavy atom. The Morgan fingerprint density at radius 1 is 1.23 bits per heavy atom. The number of aromatic nitrogens is 2. The van der Waals surface area contributed by atoms with Crippen LogP contribution in [0.15, 0.2) is 67.4 Å². The van der Waals surface area contributed by atoms with Gasteiger partial charge in [0.05, 0.1) is 16.4 Å². The van der Waals surface area contributed by atoms with E-state index in [1.165, 1.54) is 24.1 Å². The van der Waals surface area contributed by atoms with Crippen molar-refractivity contribution in [3.05, 3.63) is 65.1 Å². The number of anilines is 2. The zero-order valence-electron chi connectivity index (χ0n) is 18.6. The van der Waals surface area contributed by atoms with E-state index >= 15 is 0 Å². The van der Waals surface area contributed by atoms with Gasteiger partial charge in [-0.1, -0.05) is 0 Å². The third kappa shape index (κ3) is 4.05. The molecule has 4 aromatic rings. The second-order valence-corrected chi connectivity index (χ2v) is 11.3. The summed E-state index contributed by atoms with van der Waals surface area (Å²) in [6.45, 7) is 0.297. The molecule has 1 aliphatic rings. The van der Waals surface area contributed by atoms with Gasteiger partial charge in [-0.3, -0.25) is 9.40 Å². The van der Waals surface area contributed by atoms with Crippen molar-refractivity contribution in [3.8, 4) is 16.6 Å². The van der Waals surface area contributed by atoms with Gasteiger partial charge in [0.15, 0.2) is 0 Å². The number of thiophene rings is 1. The van der Waals surface area contributed by atoms with Gasteiger partial charge in [0.1, 0.15) is 39.1 Å². The molecule has 0 atom stereocenters. The summed E-state index contributed by atoms with van der Waals surface area (Å²) in [5.74, 6) is 0.513. The lowest BCUT2D eigenvalue weighted by atomic mass is 10.2. The first kappa shape index (κ1) is 23.0. The molecule has 13 heteroatoms. The molecule has 1 aromatic carbocycles. The Kier molecular flexibility index (Phi) is 5.79. The van der Waals surface area contributed by atoms with Crippen molar-refractivity contribution in [2.24, 2.45) is 17.8 Å². The molecule has 10 nitrogen and oxygen atoms in total. The zero-order valence-corrected chi connectivity index (χ0v) is 21.0. The van der Waals surface area contributed by atoms with Gasteiger partial charge in [-0.25, -0.2) is 13.4 Å². The molecular formula is C22H19N7O3S3. The van der Waals surface area contributed by atoms with E-state index in [0.717, 1.165) is 22.1 Å². The molecule has 0 aliphatic carbocycles. The van der Waals surface area contributed by atoms with Gasteiger partial charge >= 0.3 is 0 Å². The molecule has 5 rings (SSSR count). The van der Waals surface area contributed by atoms with Crippen molar-refractivity contribution in [1.82, 2.24) is 9.78 Å². The molecule has 1 aliphatic heterocycles. The topological polar surface area (TPSA) is 143 Å². The number of furan rings is 1. The van der Waals surface area contributed by atoms with Crippen LogP contribution in [0, 0.1) is 11.3 Å². The van der Waals surface area contributed by atoms with Gasteiger partial charge < -0.3 is 15.1 Å². The number of hydrogen-bond donors (Lipinski definition) is 2. The second kappa shape index (κ2) is 8.81. The molecule has 0 fully saturated rings. The lowest BCUT2D eigenvalue weighted by Gasteiger charge is -2.24. The average molecular weight is 526 g/mol. The van der Waals surface area contributed by atoms with Crippen LogP contribution in [0.3, 0.4) is 0 Å². The number of nitriles is 1. The SMILES string of the molecule is CSc1c(C#N)c(-c2ccc(S(=O)(=O)Nc3ccc(N4CN=c5occc5=C4N)cc3)s2)nn1C. The molecule has 0 amide bonds. The van der Waals surface area contributed by atoms with E-state index in [-0.39, 0.29) is 4.21 Å². The molecule has 0 bridgehead atoms. The standard InChI is InChI=1S/C22H19N7O3S3/c1-28-22(33-2)16(11-23)19(26-28)17-7-8-18(34-17)35(30,31)27-13-3-5-14(6-4-13)29-12-25-21-15(20(29)24)9-10-32-21/h3-10,27H,12,24H2,1-2H3. The van der Waals surface area contributed by atoms with E-state index in [0.29, 0.717) is 45.1 Å². The summed E-state index contributed by atoms with van der Waals surface area (Å²) in [4.78, 5) is 6.77. The highest BCUT2D eigenvalue weighted by molar-refractivity contribution is 7.98. The third-order valence-electron chi connectivity index (χ3n) is 5.38. The van der Waals surface area contributed by atoms with Gasteiger partial charge in [0.2, 0.25) is 5.55 Å².